The highest BCUT2D eigenvalue weighted by atomic mass is 16.6. The van der Waals surface area contributed by atoms with Crippen molar-refractivity contribution in [1.29, 1.82) is 0 Å². The van der Waals surface area contributed by atoms with Crippen LogP contribution in [0, 0.1) is 0 Å². The number of carbonyl (C=O) groups excluding carboxylic acids is 1. The number of piperidine rings is 1. The molecule has 2 heterocycles. The number of carbonyl (C=O) groups is 1. The van der Waals surface area contributed by atoms with Gasteiger partial charge in [-0.15, -0.1) is 0 Å². The number of likely N-dealkylation sites (N-methyl/N-ethyl adjacent to an activating group) is 1. The standard InChI is InChI=1S/C17H23N3O2/c1-3-22-17(21)20-16-12-19(2)10-9-14(16)15(11-18-20)13-7-5-4-6-8-13/h4-8,16,18H,3,9-12H2,1-2H3. The molecule has 1 N–H and O–H groups in total. The third-order valence-corrected chi connectivity index (χ3v) is 4.36. The van der Waals surface area contributed by atoms with Crippen LogP contribution in [0.15, 0.2) is 35.9 Å². The molecule has 0 aromatic heterocycles. The Hall–Kier alpha value is -1.85. The van der Waals surface area contributed by atoms with Gasteiger partial charge in [0.2, 0.25) is 0 Å². The van der Waals surface area contributed by atoms with Gasteiger partial charge in [-0.25, -0.2) is 15.2 Å². The topological polar surface area (TPSA) is 44.8 Å². The normalized spacial score (nSPS) is 22.5. The quantitative estimate of drug-likeness (QED) is 0.909. The molecule has 2 aliphatic heterocycles. The molecule has 5 nitrogen and oxygen atoms in total. The SMILES string of the molecule is CCOC(=O)N1NCC(c2ccccc2)=C2CCN(C)CC21. The highest BCUT2D eigenvalue weighted by Gasteiger charge is 2.36. The Labute approximate surface area is 131 Å². The van der Waals surface area contributed by atoms with Gasteiger partial charge in [-0.1, -0.05) is 30.3 Å². The summed E-state index contributed by atoms with van der Waals surface area (Å²) < 4.78 is 5.19. The number of hydrazine groups is 1. The molecule has 0 spiro atoms. The number of hydrogen-bond acceptors (Lipinski definition) is 4. The van der Waals surface area contributed by atoms with E-state index < -0.39 is 0 Å². The number of amides is 1. The first-order chi connectivity index (χ1) is 10.7. The molecule has 1 amide bonds. The summed E-state index contributed by atoms with van der Waals surface area (Å²) in [5, 5.41) is 1.67. The predicted octanol–water partition coefficient (Wildman–Crippen LogP) is 2.12. The zero-order chi connectivity index (χ0) is 15.5. The van der Waals surface area contributed by atoms with Crippen molar-refractivity contribution >= 4 is 11.7 Å². The van der Waals surface area contributed by atoms with E-state index in [4.69, 9.17) is 4.74 Å². The van der Waals surface area contributed by atoms with Crippen molar-refractivity contribution in [2.45, 2.75) is 19.4 Å². The third kappa shape index (κ3) is 2.87. The van der Waals surface area contributed by atoms with Crippen molar-refractivity contribution in [3.63, 3.8) is 0 Å². The van der Waals surface area contributed by atoms with Crippen LogP contribution < -0.4 is 5.43 Å². The van der Waals surface area contributed by atoms with Crippen LogP contribution in [0.1, 0.15) is 18.9 Å². The van der Waals surface area contributed by atoms with Crippen LogP contribution in [-0.2, 0) is 4.74 Å². The highest BCUT2D eigenvalue weighted by Crippen LogP contribution is 2.31. The van der Waals surface area contributed by atoms with Crippen LogP contribution in [0.5, 0.6) is 0 Å². The van der Waals surface area contributed by atoms with Gasteiger partial charge in [0.05, 0.1) is 12.6 Å². The van der Waals surface area contributed by atoms with Crippen molar-refractivity contribution in [3.05, 3.63) is 41.5 Å². The smallest absolute Gasteiger partial charge is 0.424 e. The molecule has 22 heavy (non-hydrogen) atoms. The average Bonchev–Trinajstić information content (AvgIpc) is 2.54. The monoisotopic (exact) mass is 301 g/mol. The van der Waals surface area contributed by atoms with E-state index in [1.54, 1.807) is 5.01 Å². The second-order valence-electron chi connectivity index (χ2n) is 5.80. The second kappa shape index (κ2) is 6.50. The lowest BCUT2D eigenvalue weighted by Crippen LogP contribution is -2.59. The van der Waals surface area contributed by atoms with Crippen molar-refractivity contribution in [3.8, 4) is 0 Å². The molecular formula is C17H23N3O2. The summed E-state index contributed by atoms with van der Waals surface area (Å²) in [5.74, 6) is 0. The maximum absolute atomic E-state index is 12.2. The molecule has 5 heteroatoms. The molecule has 3 rings (SSSR count). The molecule has 1 aromatic carbocycles. The largest absolute Gasteiger partial charge is 0.449 e. The van der Waals surface area contributed by atoms with E-state index in [0.29, 0.717) is 13.2 Å². The lowest BCUT2D eigenvalue weighted by molar-refractivity contribution is 0.0564. The van der Waals surface area contributed by atoms with Gasteiger partial charge in [0.25, 0.3) is 0 Å². The molecule has 118 valence electrons. The molecule has 0 bridgehead atoms. The first kappa shape index (κ1) is 15.1. The number of benzene rings is 1. The Morgan fingerprint density at radius 1 is 1.36 bits per heavy atom. The fourth-order valence-electron chi connectivity index (χ4n) is 3.26. The van der Waals surface area contributed by atoms with Crippen molar-refractivity contribution in [2.75, 3.05) is 33.3 Å². The Morgan fingerprint density at radius 2 is 2.14 bits per heavy atom. The summed E-state index contributed by atoms with van der Waals surface area (Å²) in [6.07, 6.45) is 0.704. The minimum atomic E-state index is -0.285. The zero-order valence-corrected chi connectivity index (χ0v) is 13.2. The molecule has 1 aromatic rings. The fraction of sp³-hybridized carbons (Fsp3) is 0.471. The lowest BCUT2D eigenvalue weighted by Gasteiger charge is -2.43. The molecular weight excluding hydrogens is 278 g/mol. The highest BCUT2D eigenvalue weighted by molar-refractivity contribution is 5.76. The Bertz CT molecular complexity index is 571. The van der Waals surface area contributed by atoms with E-state index in [1.807, 2.05) is 13.0 Å². The van der Waals surface area contributed by atoms with E-state index >= 15 is 0 Å². The average molecular weight is 301 g/mol. The van der Waals surface area contributed by atoms with Crippen LogP contribution in [0.25, 0.3) is 5.57 Å². The molecule has 0 radical (unpaired) electrons. The summed E-state index contributed by atoms with van der Waals surface area (Å²) in [7, 11) is 2.09. The minimum Gasteiger partial charge on any atom is -0.449 e. The number of fused-ring (bicyclic) bond motifs is 1. The second-order valence-corrected chi connectivity index (χ2v) is 5.80. The number of hydrogen-bond donors (Lipinski definition) is 1. The maximum atomic E-state index is 12.2. The fourth-order valence-corrected chi connectivity index (χ4v) is 3.26. The molecule has 0 aliphatic carbocycles. The minimum absolute atomic E-state index is 0.0433. The molecule has 1 unspecified atom stereocenters. The van der Waals surface area contributed by atoms with E-state index in [1.165, 1.54) is 16.7 Å². The molecule has 2 aliphatic rings. The molecule has 0 saturated carbocycles. The number of nitrogens with one attached hydrogen (secondary N) is 1. The first-order valence-electron chi connectivity index (χ1n) is 7.86. The third-order valence-electron chi connectivity index (χ3n) is 4.36. The van der Waals surface area contributed by atoms with Gasteiger partial charge < -0.3 is 9.64 Å². The summed E-state index contributed by atoms with van der Waals surface area (Å²) in [6.45, 7) is 4.75. The Kier molecular flexibility index (Phi) is 4.45. The van der Waals surface area contributed by atoms with Crippen molar-refractivity contribution in [1.82, 2.24) is 15.3 Å². The molecule has 1 saturated heterocycles. The summed E-state index contributed by atoms with van der Waals surface area (Å²) in [5.41, 5.74) is 7.16. The van der Waals surface area contributed by atoms with Gasteiger partial charge in [0.15, 0.2) is 0 Å². The van der Waals surface area contributed by atoms with Crippen LogP contribution in [0.3, 0.4) is 0 Å². The number of nitrogens with zero attached hydrogens (tertiary/aromatic N) is 2. The molecule has 1 fully saturated rings. The van der Waals surface area contributed by atoms with Gasteiger partial charge in [0, 0.05) is 19.6 Å². The summed E-state index contributed by atoms with van der Waals surface area (Å²) in [4.78, 5) is 14.5. The van der Waals surface area contributed by atoms with Crippen molar-refractivity contribution < 1.29 is 9.53 Å². The summed E-state index contributed by atoms with van der Waals surface area (Å²) in [6, 6.07) is 10.5. The van der Waals surface area contributed by atoms with E-state index in [0.717, 1.165) is 19.5 Å². The van der Waals surface area contributed by atoms with Gasteiger partial charge >= 0.3 is 6.09 Å². The van der Waals surface area contributed by atoms with Gasteiger partial charge in [-0.3, -0.25) is 0 Å². The van der Waals surface area contributed by atoms with Crippen LogP contribution >= 0.6 is 0 Å². The zero-order valence-electron chi connectivity index (χ0n) is 13.2. The maximum Gasteiger partial charge on any atom is 0.424 e. The van der Waals surface area contributed by atoms with Crippen molar-refractivity contribution in [2.24, 2.45) is 0 Å². The van der Waals surface area contributed by atoms with Crippen LogP contribution in [0.2, 0.25) is 0 Å². The lowest BCUT2D eigenvalue weighted by atomic mass is 9.88. The number of rotatable bonds is 2. The van der Waals surface area contributed by atoms with E-state index in [2.05, 4.69) is 41.6 Å². The van der Waals surface area contributed by atoms with Crippen LogP contribution in [-0.4, -0.2) is 55.3 Å². The Balaban J connectivity index is 1.95. The first-order valence-corrected chi connectivity index (χ1v) is 7.86. The van der Waals surface area contributed by atoms with E-state index in [9.17, 15) is 4.79 Å². The van der Waals surface area contributed by atoms with Gasteiger partial charge in [0.1, 0.15) is 0 Å². The number of ether oxygens (including phenoxy) is 1. The Morgan fingerprint density at radius 3 is 2.86 bits per heavy atom. The van der Waals surface area contributed by atoms with Gasteiger partial charge in [-0.2, -0.15) is 0 Å². The van der Waals surface area contributed by atoms with E-state index in [-0.39, 0.29) is 12.1 Å². The van der Waals surface area contributed by atoms with Gasteiger partial charge in [-0.05, 0) is 37.1 Å². The number of likely N-dealkylation sites (tertiary alicyclic amines) is 1. The van der Waals surface area contributed by atoms with Crippen LogP contribution in [0.4, 0.5) is 4.79 Å². The predicted molar refractivity (Wildman–Crippen MR) is 86.1 cm³/mol. The molecule has 1 atom stereocenters. The summed E-state index contributed by atoms with van der Waals surface area (Å²) >= 11 is 0.